The van der Waals surface area contributed by atoms with Crippen molar-refractivity contribution in [2.45, 2.75) is 0 Å². The van der Waals surface area contributed by atoms with Gasteiger partial charge in [0.1, 0.15) is 5.75 Å². The van der Waals surface area contributed by atoms with Gasteiger partial charge in [-0.3, -0.25) is 4.79 Å². The summed E-state index contributed by atoms with van der Waals surface area (Å²) in [5, 5.41) is 8.92. The molecule has 0 aliphatic rings. The maximum Gasteiger partial charge on any atom is 0.254 e. The average molecular weight is 250 g/mol. The first-order chi connectivity index (χ1) is 8.63. The number of benzene rings is 1. The van der Waals surface area contributed by atoms with Crippen molar-refractivity contribution in [2.75, 3.05) is 32.5 Å². The second kappa shape index (κ2) is 6.66. The van der Waals surface area contributed by atoms with Gasteiger partial charge in [-0.25, -0.2) is 0 Å². The molecule has 0 heterocycles. The maximum absolute atomic E-state index is 12.1. The van der Waals surface area contributed by atoms with Gasteiger partial charge in [0.25, 0.3) is 5.91 Å². The van der Waals surface area contributed by atoms with Gasteiger partial charge in [-0.2, -0.15) is 0 Å². The van der Waals surface area contributed by atoms with Gasteiger partial charge in [-0.05, 0) is 18.2 Å². The monoisotopic (exact) mass is 250 g/mol. The molecule has 0 saturated carbocycles. The summed E-state index contributed by atoms with van der Waals surface area (Å²) >= 11 is 0. The van der Waals surface area contributed by atoms with E-state index in [9.17, 15) is 4.79 Å². The molecule has 1 aromatic rings. The summed E-state index contributed by atoms with van der Waals surface area (Å²) in [7, 11) is 1.52. The summed E-state index contributed by atoms with van der Waals surface area (Å²) in [6.45, 7) is 4.13. The highest BCUT2D eigenvalue weighted by atomic mass is 16.5. The molecule has 0 aliphatic heterocycles. The highest BCUT2D eigenvalue weighted by molar-refractivity contribution is 5.95. The molecule has 18 heavy (non-hydrogen) atoms. The van der Waals surface area contributed by atoms with Gasteiger partial charge in [0.2, 0.25) is 0 Å². The van der Waals surface area contributed by atoms with Crippen LogP contribution in [0.3, 0.4) is 0 Å². The predicted molar refractivity (Wildman–Crippen MR) is 70.6 cm³/mol. The third kappa shape index (κ3) is 3.24. The fourth-order valence-corrected chi connectivity index (χ4v) is 1.60. The highest BCUT2D eigenvalue weighted by Crippen LogP contribution is 2.22. The Morgan fingerprint density at radius 2 is 2.33 bits per heavy atom. The van der Waals surface area contributed by atoms with Crippen LogP contribution in [0.15, 0.2) is 30.9 Å². The number of rotatable bonds is 6. The Bertz CT molecular complexity index is 432. The molecule has 3 N–H and O–H groups in total. The Labute approximate surface area is 106 Å². The van der Waals surface area contributed by atoms with Crippen LogP contribution in [-0.2, 0) is 0 Å². The van der Waals surface area contributed by atoms with Gasteiger partial charge in [0.05, 0.1) is 19.4 Å². The quantitative estimate of drug-likeness (QED) is 0.581. The van der Waals surface area contributed by atoms with E-state index in [0.717, 1.165) is 0 Å². The van der Waals surface area contributed by atoms with E-state index in [1.54, 1.807) is 24.3 Å². The van der Waals surface area contributed by atoms with Crippen LogP contribution in [0.4, 0.5) is 5.69 Å². The Hall–Kier alpha value is -2.01. The van der Waals surface area contributed by atoms with Crippen LogP contribution in [0.1, 0.15) is 10.4 Å². The van der Waals surface area contributed by atoms with E-state index < -0.39 is 0 Å². The van der Waals surface area contributed by atoms with Crippen LogP contribution in [0, 0.1) is 0 Å². The molecule has 0 bridgehead atoms. The third-order valence-corrected chi connectivity index (χ3v) is 2.48. The smallest absolute Gasteiger partial charge is 0.254 e. The van der Waals surface area contributed by atoms with Gasteiger partial charge in [-0.15, -0.1) is 6.58 Å². The summed E-state index contributed by atoms with van der Waals surface area (Å²) in [4.78, 5) is 13.6. The molecule has 98 valence electrons. The van der Waals surface area contributed by atoms with Gasteiger partial charge < -0.3 is 20.5 Å². The minimum atomic E-state index is -0.196. The number of methoxy groups -OCH3 is 1. The number of ether oxygens (including phenoxy) is 1. The molecule has 0 saturated heterocycles. The van der Waals surface area contributed by atoms with Crippen LogP contribution in [-0.4, -0.2) is 42.7 Å². The van der Waals surface area contributed by atoms with Gasteiger partial charge in [0, 0.05) is 18.7 Å². The Balaban J connectivity index is 2.93. The number of anilines is 1. The number of carbonyl (C=O) groups is 1. The number of carbonyl (C=O) groups excluding carboxylic acids is 1. The fraction of sp³-hybridized carbons (Fsp3) is 0.308. The van der Waals surface area contributed by atoms with Crippen LogP contribution in [0.5, 0.6) is 5.75 Å². The van der Waals surface area contributed by atoms with E-state index in [-0.39, 0.29) is 19.1 Å². The molecule has 5 heteroatoms. The molecule has 1 aromatic carbocycles. The lowest BCUT2D eigenvalue weighted by molar-refractivity contribution is 0.0743. The van der Waals surface area contributed by atoms with Gasteiger partial charge in [-0.1, -0.05) is 6.08 Å². The zero-order chi connectivity index (χ0) is 13.5. The Morgan fingerprint density at radius 3 is 2.83 bits per heavy atom. The topological polar surface area (TPSA) is 75.8 Å². The number of amides is 1. The summed E-state index contributed by atoms with van der Waals surface area (Å²) < 4.78 is 5.03. The summed E-state index contributed by atoms with van der Waals surface area (Å²) in [6, 6.07) is 4.85. The van der Waals surface area contributed by atoms with E-state index in [4.69, 9.17) is 15.6 Å². The molecular weight excluding hydrogens is 232 g/mol. The van der Waals surface area contributed by atoms with E-state index in [1.807, 2.05) is 0 Å². The fourth-order valence-electron chi connectivity index (χ4n) is 1.60. The van der Waals surface area contributed by atoms with Crippen LogP contribution in [0.2, 0.25) is 0 Å². The van der Waals surface area contributed by atoms with Crippen molar-refractivity contribution in [3.05, 3.63) is 36.4 Å². The third-order valence-electron chi connectivity index (χ3n) is 2.48. The second-order valence-corrected chi connectivity index (χ2v) is 3.72. The molecule has 5 nitrogen and oxygen atoms in total. The standard InChI is InChI=1S/C13H18N2O3/c1-3-6-15(7-8-16)13(17)10-4-5-12(18-2)11(14)9-10/h3-5,9,16H,1,6-8,14H2,2H3. The van der Waals surface area contributed by atoms with Crippen molar-refractivity contribution >= 4 is 11.6 Å². The van der Waals surface area contributed by atoms with Gasteiger partial charge in [0.15, 0.2) is 0 Å². The number of nitrogens with zero attached hydrogens (tertiary/aromatic N) is 1. The van der Waals surface area contributed by atoms with Crippen molar-refractivity contribution in [3.63, 3.8) is 0 Å². The normalized spacial score (nSPS) is 9.89. The molecule has 0 spiro atoms. The van der Waals surface area contributed by atoms with E-state index in [2.05, 4.69) is 6.58 Å². The number of hydrogen-bond acceptors (Lipinski definition) is 4. The summed E-state index contributed by atoms with van der Waals surface area (Å²) in [6.07, 6.45) is 1.61. The number of hydrogen-bond donors (Lipinski definition) is 2. The molecule has 1 rings (SSSR count). The number of aliphatic hydroxyl groups is 1. The zero-order valence-corrected chi connectivity index (χ0v) is 10.4. The van der Waals surface area contributed by atoms with Crippen molar-refractivity contribution in [1.82, 2.24) is 4.90 Å². The maximum atomic E-state index is 12.1. The summed E-state index contributed by atoms with van der Waals surface area (Å²) in [5.74, 6) is 0.335. The van der Waals surface area contributed by atoms with Gasteiger partial charge >= 0.3 is 0 Å². The average Bonchev–Trinajstić information content (AvgIpc) is 2.37. The molecular formula is C13H18N2O3. The first kappa shape index (κ1) is 14.1. The van der Waals surface area contributed by atoms with Crippen molar-refractivity contribution < 1.29 is 14.6 Å². The van der Waals surface area contributed by atoms with E-state index in [1.165, 1.54) is 12.0 Å². The largest absolute Gasteiger partial charge is 0.495 e. The molecule has 0 radical (unpaired) electrons. The van der Waals surface area contributed by atoms with Crippen LogP contribution < -0.4 is 10.5 Å². The molecule has 0 unspecified atom stereocenters. The van der Waals surface area contributed by atoms with Crippen molar-refractivity contribution in [1.29, 1.82) is 0 Å². The lowest BCUT2D eigenvalue weighted by Crippen LogP contribution is -2.33. The Kier molecular flexibility index (Phi) is 5.20. The molecule has 0 fully saturated rings. The molecule has 0 aromatic heterocycles. The first-order valence-electron chi connectivity index (χ1n) is 5.58. The van der Waals surface area contributed by atoms with E-state index >= 15 is 0 Å². The molecule has 0 atom stereocenters. The number of aliphatic hydroxyl groups excluding tert-OH is 1. The van der Waals surface area contributed by atoms with E-state index in [0.29, 0.717) is 23.5 Å². The number of nitrogens with two attached hydrogens (primary N) is 1. The highest BCUT2D eigenvalue weighted by Gasteiger charge is 2.15. The zero-order valence-electron chi connectivity index (χ0n) is 10.4. The van der Waals surface area contributed by atoms with Crippen molar-refractivity contribution in [3.8, 4) is 5.75 Å². The minimum Gasteiger partial charge on any atom is -0.495 e. The molecule has 0 aliphatic carbocycles. The first-order valence-corrected chi connectivity index (χ1v) is 5.58. The second-order valence-electron chi connectivity index (χ2n) is 3.72. The predicted octanol–water partition coefficient (Wildman–Crippen LogP) is 0.898. The molecule has 1 amide bonds. The van der Waals surface area contributed by atoms with Crippen molar-refractivity contribution in [2.24, 2.45) is 0 Å². The lowest BCUT2D eigenvalue weighted by atomic mass is 10.1. The minimum absolute atomic E-state index is 0.0920. The SMILES string of the molecule is C=CCN(CCO)C(=O)c1ccc(OC)c(N)c1. The van der Waals surface area contributed by atoms with Crippen LogP contribution >= 0.6 is 0 Å². The summed E-state index contributed by atoms with van der Waals surface area (Å²) in [5.41, 5.74) is 6.62. The number of nitrogen functional groups attached to an aromatic ring is 1. The van der Waals surface area contributed by atoms with Crippen LogP contribution in [0.25, 0.3) is 0 Å². The lowest BCUT2D eigenvalue weighted by Gasteiger charge is -2.20. The Morgan fingerprint density at radius 1 is 1.61 bits per heavy atom.